The fraction of sp³-hybridized carbons (Fsp3) is 0.353. The van der Waals surface area contributed by atoms with Gasteiger partial charge in [0, 0.05) is 24.3 Å². The molecule has 0 saturated heterocycles. The van der Waals surface area contributed by atoms with Crippen LogP contribution in [0.1, 0.15) is 31.1 Å². The predicted molar refractivity (Wildman–Crippen MR) is 83.7 cm³/mol. The molecule has 1 aromatic carbocycles. The first-order valence-electron chi connectivity index (χ1n) is 7.45. The van der Waals surface area contributed by atoms with Crippen LogP contribution in [0.3, 0.4) is 0 Å². The van der Waals surface area contributed by atoms with E-state index in [0.29, 0.717) is 24.5 Å². The first-order valence-corrected chi connectivity index (χ1v) is 7.45. The number of para-hydroxylation sites is 1. The highest BCUT2D eigenvalue weighted by Crippen LogP contribution is 2.33. The molecule has 0 radical (unpaired) electrons. The Morgan fingerprint density at radius 3 is 2.65 bits per heavy atom. The fourth-order valence-corrected chi connectivity index (χ4v) is 2.19. The molecular weight excluding hydrogens is 302 g/mol. The molecule has 124 valence electrons. The summed E-state index contributed by atoms with van der Waals surface area (Å²) in [4.78, 5) is 4.27. The molecule has 0 amide bonds. The number of pyridine rings is 1. The minimum absolute atomic E-state index is 0.0219. The third-order valence-corrected chi connectivity index (χ3v) is 3.30. The molecule has 0 bridgehead atoms. The van der Waals surface area contributed by atoms with Crippen LogP contribution in [0.25, 0.3) is 0 Å². The molecule has 0 aliphatic heterocycles. The van der Waals surface area contributed by atoms with Crippen LogP contribution in [0.2, 0.25) is 0 Å². The standard InChI is InChI=1S/C17H20F2N2O2/c1-3-22-15-9-6-7-13(16(15)23-17(18)19)11-21-12(2)14-8-4-5-10-20-14/h4-10,12,17,21H,3,11H2,1-2H3. The van der Waals surface area contributed by atoms with Crippen molar-refractivity contribution in [3.05, 3.63) is 53.9 Å². The lowest BCUT2D eigenvalue weighted by Gasteiger charge is -2.18. The Hall–Kier alpha value is -2.21. The van der Waals surface area contributed by atoms with Gasteiger partial charge in [-0.3, -0.25) is 4.98 Å². The number of alkyl halides is 2. The molecule has 0 aliphatic carbocycles. The zero-order valence-electron chi connectivity index (χ0n) is 13.1. The smallest absolute Gasteiger partial charge is 0.387 e. The summed E-state index contributed by atoms with van der Waals surface area (Å²) in [6, 6.07) is 10.7. The number of rotatable bonds is 8. The fourth-order valence-electron chi connectivity index (χ4n) is 2.19. The van der Waals surface area contributed by atoms with Gasteiger partial charge in [0.25, 0.3) is 0 Å². The summed E-state index contributed by atoms with van der Waals surface area (Å²) in [5.41, 5.74) is 1.49. The number of aromatic nitrogens is 1. The number of nitrogens with zero attached hydrogens (tertiary/aromatic N) is 1. The normalized spacial score (nSPS) is 12.2. The van der Waals surface area contributed by atoms with Crippen LogP contribution in [0.15, 0.2) is 42.6 Å². The lowest BCUT2D eigenvalue weighted by atomic mass is 10.1. The zero-order valence-corrected chi connectivity index (χ0v) is 13.1. The van der Waals surface area contributed by atoms with Crippen molar-refractivity contribution < 1.29 is 18.3 Å². The van der Waals surface area contributed by atoms with Crippen LogP contribution in [0.4, 0.5) is 8.78 Å². The van der Waals surface area contributed by atoms with E-state index in [2.05, 4.69) is 15.0 Å². The lowest BCUT2D eigenvalue weighted by molar-refractivity contribution is -0.0521. The molecule has 23 heavy (non-hydrogen) atoms. The van der Waals surface area contributed by atoms with Crippen LogP contribution in [0.5, 0.6) is 11.5 Å². The first kappa shape index (κ1) is 17.1. The van der Waals surface area contributed by atoms with E-state index < -0.39 is 6.61 Å². The van der Waals surface area contributed by atoms with Crippen molar-refractivity contribution >= 4 is 0 Å². The van der Waals surface area contributed by atoms with Gasteiger partial charge in [-0.05, 0) is 32.0 Å². The Labute approximate surface area is 134 Å². The molecule has 0 fully saturated rings. The van der Waals surface area contributed by atoms with Gasteiger partial charge < -0.3 is 14.8 Å². The summed E-state index contributed by atoms with van der Waals surface area (Å²) in [7, 11) is 0. The van der Waals surface area contributed by atoms with E-state index in [1.54, 1.807) is 31.3 Å². The highest BCUT2D eigenvalue weighted by molar-refractivity contribution is 5.46. The number of hydrogen-bond donors (Lipinski definition) is 1. The number of halogens is 2. The van der Waals surface area contributed by atoms with E-state index in [-0.39, 0.29) is 11.8 Å². The zero-order chi connectivity index (χ0) is 16.7. The van der Waals surface area contributed by atoms with Gasteiger partial charge in [-0.15, -0.1) is 0 Å². The summed E-state index contributed by atoms with van der Waals surface area (Å²) in [6.45, 7) is 1.59. The maximum Gasteiger partial charge on any atom is 0.387 e. The third kappa shape index (κ3) is 4.89. The Balaban J connectivity index is 2.13. The van der Waals surface area contributed by atoms with E-state index in [1.807, 2.05) is 25.1 Å². The molecule has 2 aromatic rings. The average Bonchev–Trinajstić information content (AvgIpc) is 2.55. The van der Waals surface area contributed by atoms with E-state index in [1.165, 1.54) is 0 Å². The molecule has 1 unspecified atom stereocenters. The summed E-state index contributed by atoms with van der Waals surface area (Å²) >= 11 is 0. The highest BCUT2D eigenvalue weighted by Gasteiger charge is 2.16. The van der Waals surface area contributed by atoms with Crippen LogP contribution < -0.4 is 14.8 Å². The molecule has 1 aromatic heterocycles. The second-order valence-electron chi connectivity index (χ2n) is 4.91. The number of benzene rings is 1. The SMILES string of the molecule is CCOc1cccc(CNC(C)c2ccccn2)c1OC(F)F. The second kappa shape index (κ2) is 8.43. The number of hydrogen-bond acceptors (Lipinski definition) is 4. The van der Waals surface area contributed by atoms with Crippen LogP contribution in [-0.2, 0) is 6.54 Å². The van der Waals surface area contributed by atoms with Crippen molar-refractivity contribution in [3.8, 4) is 11.5 Å². The minimum Gasteiger partial charge on any atom is -0.490 e. The van der Waals surface area contributed by atoms with Crippen molar-refractivity contribution in [1.29, 1.82) is 0 Å². The van der Waals surface area contributed by atoms with Gasteiger partial charge >= 0.3 is 6.61 Å². The molecule has 4 nitrogen and oxygen atoms in total. The van der Waals surface area contributed by atoms with Gasteiger partial charge in [0.15, 0.2) is 11.5 Å². The van der Waals surface area contributed by atoms with Crippen molar-refractivity contribution in [2.45, 2.75) is 33.0 Å². The van der Waals surface area contributed by atoms with Gasteiger partial charge in [-0.2, -0.15) is 8.78 Å². The monoisotopic (exact) mass is 322 g/mol. The largest absolute Gasteiger partial charge is 0.490 e. The van der Waals surface area contributed by atoms with Crippen molar-refractivity contribution in [2.24, 2.45) is 0 Å². The maximum atomic E-state index is 12.7. The van der Waals surface area contributed by atoms with Gasteiger partial charge in [0.05, 0.1) is 12.3 Å². The number of ether oxygens (including phenoxy) is 2. The van der Waals surface area contributed by atoms with Crippen LogP contribution in [-0.4, -0.2) is 18.2 Å². The quantitative estimate of drug-likeness (QED) is 0.799. The molecule has 1 N–H and O–H groups in total. The molecule has 6 heteroatoms. The second-order valence-corrected chi connectivity index (χ2v) is 4.91. The molecule has 0 saturated carbocycles. The molecule has 1 atom stereocenters. The lowest BCUT2D eigenvalue weighted by Crippen LogP contribution is -2.20. The molecule has 2 rings (SSSR count). The summed E-state index contributed by atoms with van der Waals surface area (Å²) < 4.78 is 35.4. The van der Waals surface area contributed by atoms with Crippen LogP contribution >= 0.6 is 0 Å². The summed E-state index contributed by atoms with van der Waals surface area (Å²) in [6.07, 6.45) is 1.72. The first-order chi connectivity index (χ1) is 11.1. The number of nitrogens with one attached hydrogen (secondary N) is 1. The van der Waals surface area contributed by atoms with E-state index >= 15 is 0 Å². The van der Waals surface area contributed by atoms with E-state index in [0.717, 1.165) is 5.69 Å². The third-order valence-electron chi connectivity index (χ3n) is 3.30. The van der Waals surface area contributed by atoms with E-state index in [4.69, 9.17) is 4.74 Å². The Bertz CT molecular complexity index is 609. The van der Waals surface area contributed by atoms with Gasteiger partial charge in [-0.25, -0.2) is 0 Å². The minimum atomic E-state index is -2.90. The average molecular weight is 322 g/mol. The summed E-state index contributed by atoms with van der Waals surface area (Å²) in [5.74, 6) is 0.391. The van der Waals surface area contributed by atoms with E-state index in [9.17, 15) is 8.78 Å². The summed E-state index contributed by atoms with van der Waals surface area (Å²) in [5, 5.41) is 3.26. The maximum absolute atomic E-state index is 12.7. The van der Waals surface area contributed by atoms with Crippen molar-refractivity contribution in [2.75, 3.05) is 6.61 Å². The molecular formula is C17H20F2N2O2. The van der Waals surface area contributed by atoms with Gasteiger partial charge in [0.1, 0.15) is 0 Å². The highest BCUT2D eigenvalue weighted by atomic mass is 19.3. The van der Waals surface area contributed by atoms with Crippen molar-refractivity contribution in [3.63, 3.8) is 0 Å². The van der Waals surface area contributed by atoms with Crippen LogP contribution in [0, 0.1) is 0 Å². The van der Waals surface area contributed by atoms with Gasteiger partial charge in [0.2, 0.25) is 0 Å². The molecule has 0 spiro atoms. The Morgan fingerprint density at radius 1 is 1.17 bits per heavy atom. The van der Waals surface area contributed by atoms with Crippen molar-refractivity contribution in [1.82, 2.24) is 10.3 Å². The predicted octanol–water partition coefficient (Wildman–Crippen LogP) is 3.93. The van der Waals surface area contributed by atoms with Gasteiger partial charge in [-0.1, -0.05) is 18.2 Å². The topological polar surface area (TPSA) is 43.4 Å². The Morgan fingerprint density at radius 2 is 2.00 bits per heavy atom. The Kier molecular flexibility index (Phi) is 6.29. The molecule has 0 aliphatic rings. The molecule has 1 heterocycles.